The number of piperidine rings is 1. The summed E-state index contributed by atoms with van der Waals surface area (Å²) in [6, 6.07) is 0. The average molecular weight is 173 g/mol. The van der Waals surface area contributed by atoms with Gasteiger partial charge in [-0.25, -0.2) is 0 Å². The van der Waals surface area contributed by atoms with E-state index in [4.69, 9.17) is 0 Å². The molecule has 0 bridgehead atoms. The van der Waals surface area contributed by atoms with E-state index in [1.807, 2.05) is 0 Å². The highest BCUT2D eigenvalue weighted by molar-refractivity contribution is 7.99. The van der Waals surface area contributed by atoms with E-state index in [0.29, 0.717) is 0 Å². The molecule has 2 heteroatoms. The van der Waals surface area contributed by atoms with Gasteiger partial charge in [-0.2, -0.15) is 11.8 Å². The minimum Gasteiger partial charge on any atom is -0.305 e. The van der Waals surface area contributed by atoms with Crippen LogP contribution in [0.2, 0.25) is 0 Å². The van der Waals surface area contributed by atoms with Crippen LogP contribution in [0, 0.1) is 0 Å². The van der Waals surface area contributed by atoms with E-state index in [2.05, 4.69) is 30.6 Å². The molecular formula is C9H19NS. The molecule has 0 amide bonds. The van der Waals surface area contributed by atoms with Crippen molar-refractivity contribution in [2.75, 3.05) is 25.9 Å². The zero-order valence-corrected chi connectivity index (χ0v) is 8.49. The van der Waals surface area contributed by atoms with Crippen molar-refractivity contribution in [3.63, 3.8) is 0 Å². The summed E-state index contributed by atoms with van der Waals surface area (Å²) in [6.07, 6.45) is 4.16. The van der Waals surface area contributed by atoms with E-state index in [1.165, 1.54) is 38.1 Å². The third kappa shape index (κ3) is 3.48. The Hall–Kier alpha value is 0.310. The van der Waals surface area contributed by atoms with E-state index in [0.717, 1.165) is 5.25 Å². The maximum Gasteiger partial charge on any atom is 0.0175 e. The second-order valence-electron chi connectivity index (χ2n) is 3.40. The fraction of sp³-hybridized carbons (Fsp3) is 1.00. The topological polar surface area (TPSA) is 3.24 Å². The quantitative estimate of drug-likeness (QED) is 0.644. The Morgan fingerprint density at radius 1 is 1.55 bits per heavy atom. The summed E-state index contributed by atoms with van der Waals surface area (Å²) in [6.45, 7) is 4.88. The van der Waals surface area contributed by atoms with Gasteiger partial charge in [0.15, 0.2) is 0 Å². The smallest absolute Gasteiger partial charge is 0.0175 e. The largest absolute Gasteiger partial charge is 0.305 e. The monoisotopic (exact) mass is 173 g/mol. The van der Waals surface area contributed by atoms with Crippen LogP contribution in [-0.4, -0.2) is 36.0 Å². The minimum atomic E-state index is 0.925. The maximum atomic E-state index is 2.46. The number of hydrogen-bond acceptors (Lipinski definition) is 2. The van der Waals surface area contributed by atoms with Crippen molar-refractivity contribution < 1.29 is 0 Å². The lowest BCUT2D eigenvalue weighted by atomic mass is 10.1. The Bertz CT molecular complexity index is 106. The lowest BCUT2D eigenvalue weighted by molar-refractivity contribution is 0.283. The molecule has 1 aliphatic heterocycles. The van der Waals surface area contributed by atoms with Gasteiger partial charge in [-0.05, 0) is 38.6 Å². The summed E-state index contributed by atoms with van der Waals surface area (Å²) < 4.78 is 0. The molecule has 1 fully saturated rings. The van der Waals surface area contributed by atoms with Crippen molar-refractivity contribution >= 4 is 11.8 Å². The first-order chi connectivity index (χ1) is 5.33. The van der Waals surface area contributed by atoms with Crippen LogP contribution in [0.1, 0.15) is 26.2 Å². The van der Waals surface area contributed by atoms with Gasteiger partial charge in [-0.3, -0.25) is 0 Å². The minimum absolute atomic E-state index is 0.925. The first-order valence-corrected chi connectivity index (χ1v) is 5.68. The van der Waals surface area contributed by atoms with Crippen LogP contribution >= 0.6 is 11.8 Å². The normalized spacial score (nSPS) is 27.3. The predicted molar refractivity (Wildman–Crippen MR) is 53.3 cm³/mol. The van der Waals surface area contributed by atoms with Crippen molar-refractivity contribution in [2.45, 2.75) is 31.4 Å². The van der Waals surface area contributed by atoms with Crippen molar-refractivity contribution in [3.8, 4) is 0 Å². The molecule has 11 heavy (non-hydrogen) atoms. The molecule has 0 aromatic carbocycles. The Balaban J connectivity index is 2.12. The molecular weight excluding hydrogens is 154 g/mol. The van der Waals surface area contributed by atoms with E-state index in [9.17, 15) is 0 Å². The molecule has 0 radical (unpaired) electrons. The van der Waals surface area contributed by atoms with Gasteiger partial charge in [0, 0.05) is 11.8 Å². The van der Waals surface area contributed by atoms with Gasteiger partial charge in [0.05, 0.1) is 0 Å². The lowest BCUT2D eigenvalue weighted by Crippen LogP contribution is -2.33. The molecule has 0 spiro atoms. The summed E-state index contributed by atoms with van der Waals surface area (Å²) in [5.74, 6) is 1.35. The van der Waals surface area contributed by atoms with Crippen LogP contribution in [-0.2, 0) is 0 Å². The molecule has 1 atom stereocenters. The maximum absolute atomic E-state index is 2.46. The van der Waals surface area contributed by atoms with Crippen LogP contribution in [0.15, 0.2) is 0 Å². The van der Waals surface area contributed by atoms with Crippen LogP contribution < -0.4 is 0 Å². The molecule has 1 nitrogen and oxygen atoms in total. The molecule has 66 valence electrons. The molecule has 0 aromatic rings. The second-order valence-corrected chi connectivity index (χ2v) is 4.81. The average Bonchev–Trinajstić information content (AvgIpc) is 2.01. The third-order valence-corrected chi connectivity index (χ3v) is 3.64. The number of likely N-dealkylation sites (tertiary alicyclic amines) is 1. The highest BCUT2D eigenvalue weighted by atomic mass is 32.2. The number of nitrogens with zero attached hydrogens (tertiary/aromatic N) is 1. The molecule has 0 aliphatic carbocycles. The Morgan fingerprint density at radius 2 is 2.36 bits per heavy atom. The van der Waals surface area contributed by atoms with Gasteiger partial charge in [0.1, 0.15) is 0 Å². The fourth-order valence-electron chi connectivity index (χ4n) is 1.54. The van der Waals surface area contributed by atoms with Gasteiger partial charge in [0.2, 0.25) is 0 Å². The van der Waals surface area contributed by atoms with Crippen LogP contribution in [0.4, 0.5) is 0 Å². The standard InChI is InChI=1S/C9H19NS/c1-3-7-11-9-5-4-6-10(2)8-9/h9H,3-8H2,1-2H3. The summed E-state index contributed by atoms with van der Waals surface area (Å²) in [5.41, 5.74) is 0. The van der Waals surface area contributed by atoms with Gasteiger partial charge in [0.25, 0.3) is 0 Å². The van der Waals surface area contributed by atoms with E-state index in [1.54, 1.807) is 0 Å². The van der Waals surface area contributed by atoms with Crippen LogP contribution in [0.25, 0.3) is 0 Å². The van der Waals surface area contributed by atoms with Gasteiger partial charge >= 0.3 is 0 Å². The SMILES string of the molecule is CCCSC1CCCN(C)C1. The fourth-order valence-corrected chi connectivity index (χ4v) is 2.80. The first kappa shape index (κ1) is 9.40. The van der Waals surface area contributed by atoms with Crippen molar-refractivity contribution in [1.82, 2.24) is 4.90 Å². The Morgan fingerprint density at radius 3 is 3.00 bits per heavy atom. The summed E-state index contributed by atoms with van der Waals surface area (Å²) >= 11 is 2.16. The molecule has 0 saturated carbocycles. The highest BCUT2D eigenvalue weighted by Crippen LogP contribution is 2.21. The van der Waals surface area contributed by atoms with Gasteiger partial charge < -0.3 is 4.90 Å². The molecule has 1 unspecified atom stereocenters. The highest BCUT2D eigenvalue weighted by Gasteiger charge is 2.16. The predicted octanol–water partition coefficient (Wildman–Crippen LogP) is 2.22. The van der Waals surface area contributed by atoms with Crippen molar-refractivity contribution in [1.29, 1.82) is 0 Å². The van der Waals surface area contributed by atoms with Crippen molar-refractivity contribution in [3.05, 3.63) is 0 Å². The number of hydrogen-bond donors (Lipinski definition) is 0. The third-order valence-electron chi connectivity index (χ3n) is 2.14. The second kappa shape index (κ2) is 5.04. The lowest BCUT2D eigenvalue weighted by Gasteiger charge is -2.29. The molecule has 1 saturated heterocycles. The van der Waals surface area contributed by atoms with Gasteiger partial charge in [-0.15, -0.1) is 0 Å². The molecule has 1 rings (SSSR count). The van der Waals surface area contributed by atoms with Gasteiger partial charge in [-0.1, -0.05) is 6.92 Å². The van der Waals surface area contributed by atoms with Crippen LogP contribution in [0.5, 0.6) is 0 Å². The molecule has 0 N–H and O–H groups in total. The summed E-state index contributed by atoms with van der Waals surface area (Å²) in [7, 11) is 2.23. The van der Waals surface area contributed by atoms with E-state index >= 15 is 0 Å². The Labute approximate surface area is 74.5 Å². The van der Waals surface area contributed by atoms with Crippen molar-refractivity contribution in [2.24, 2.45) is 0 Å². The zero-order chi connectivity index (χ0) is 8.10. The van der Waals surface area contributed by atoms with E-state index < -0.39 is 0 Å². The van der Waals surface area contributed by atoms with Crippen LogP contribution in [0.3, 0.4) is 0 Å². The Kier molecular flexibility index (Phi) is 4.31. The number of thioether (sulfide) groups is 1. The first-order valence-electron chi connectivity index (χ1n) is 4.63. The summed E-state index contributed by atoms with van der Waals surface area (Å²) in [5, 5.41) is 0.925. The molecule has 0 aromatic heterocycles. The van der Waals surface area contributed by atoms with E-state index in [-0.39, 0.29) is 0 Å². The molecule has 1 aliphatic rings. The molecule has 1 heterocycles. The number of rotatable bonds is 3. The summed E-state index contributed by atoms with van der Waals surface area (Å²) in [4.78, 5) is 2.46. The zero-order valence-electron chi connectivity index (χ0n) is 7.68.